The summed E-state index contributed by atoms with van der Waals surface area (Å²) in [7, 11) is 0. The third-order valence-corrected chi connectivity index (χ3v) is 2.40. The number of nitrogens with one attached hydrogen (secondary N) is 1. The quantitative estimate of drug-likeness (QED) is 0.844. The molecule has 2 aromatic heterocycles. The highest BCUT2D eigenvalue weighted by molar-refractivity contribution is 5.28. The van der Waals surface area contributed by atoms with Gasteiger partial charge >= 0.3 is 0 Å². The summed E-state index contributed by atoms with van der Waals surface area (Å²) in [5.41, 5.74) is 8.57. The summed E-state index contributed by atoms with van der Waals surface area (Å²) >= 11 is 0. The molecule has 0 saturated carbocycles. The van der Waals surface area contributed by atoms with E-state index in [0.717, 1.165) is 23.4 Å². The van der Waals surface area contributed by atoms with Gasteiger partial charge in [-0.2, -0.15) is 0 Å². The third-order valence-electron chi connectivity index (χ3n) is 2.40. The summed E-state index contributed by atoms with van der Waals surface area (Å²) in [6.07, 6.45) is 0.851. The molecule has 2 heterocycles. The lowest BCUT2D eigenvalue weighted by molar-refractivity contribution is 0.441. The van der Waals surface area contributed by atoms with Crippen LogP contribution in [0.15, 0.2) is 18.2 Å². The van der Waals surface area contributed by atoms with Crippen LogP contribution in [0.1, 0.15) is 23.9 Å². The number of nitrogens with zero attached hydrogens (tertiary/aromatic N) is 2. The lowest BCUT2D eigenvalue weighted by Crippen LogP contribution is -2.00. The number of hydrogen-bond acceptors (Lipinski definition) is 4. The fourth-order valence-electron chi connectivity index (χ4n) is 1.52. The summed E-state index contributed by atoms with van der Waals surface area (Å²) in [5.74, 6) is 1.06. The SMILES string of the molecule is CCc1cc(CN)cc(Oc2cc(C)[nH]n2)n1. The molecule has 0 spiro atoms. The number of nitrogens with two attached hydrogens (primary N) is 1. The number of H-pyrrole nitrogens is 1. The van der Waals surface area contributed by atoms with Gasteiger partial charge in [-0.05, 0) is 25.0 Å². The summed E-state index contributed by atoms with van der Waals surface area (Å²) in [6, 6.07) is 5.65. The Balaban J connectivity index is 2.25. The standard InChI is InChI=1S/C12H16N4O/c1-3-10-5-9(7-13)6-11(14-10)17-12-4-8(2)15-16-12/h4-6H,3,7,13H2,1-2H3,(H,15,16). The van der Waals surface area contributed by atoms with Crippen molar-refractivity contribution < 1.29 is 4.74 Å². The monoisotopic (exact) mass is 232 g/mol. The predicted octanol–water partition coefficient (Wildman–Crippen LogP) is 1.93. The molecule has 17 heavy (non-hydrogen) atoms. The van der Waals surface area contributed by atoms with Crippen molar-refractivity contribution in [2.75, 3.05) is 0 Å². The molecule has 0 atom stereocenters. The second-order valence-electron chi connectivity index (χ2n) is 3.85. The van der Waals surface area contributed by atoms with Gasteiger partial charge in [0.2, 0.25) is 11.8 Å². The molecule has 90 valence electrons. The van der Waals surface area contributed by atoms with E-state index < -0.39 is 0 Å². The molecule has 0 aliphatic carbocycles. The number of pyridine rings is 1. The van der Waals surface area contributed by atoms with Crippen LogP contribution in [0.25, 0.3) is 0 Å². The molecular weight excluding hydrogens is 216 g/mol. The van der Waals surface area contributed by atoms with Gasteiger partial charge < -0.3 is 10.5 Å². The van der Waals surface area contributed by atoms with Crippen molar-refractivity contribution in [3.05, 3.63) is 35.2 Å². The lowest BCUT2D eigenvalue weighted by atomic mass is 10.2. The second kappa shape index (κ2) is 4.97. The largest absolute Gasteiger partial charge is 0.419 e. The molecule has 0 fully saturated rings. The van der Waals surface area contributed by atoms with Crippen LogP contribution in [-0.2, 0) is 13.0 Å². The van der Waals surface area contributed by atoms with Crippen LogP contribution in [0.2, 0.25) is 0 Å². The average Bonchev–Trinajstić information content (AvgIpc) is 2.74. The zero-order valence-corrected chi connectivity index (χ0v) is 10.0. The van der Waals surface area contributed by atoms with Crippen molar-refractivity contribution in [2.45, 2.75) is 26.8 Å². The zero-order chi connectivity index (χ0) is 12.3. The Bertz CT molecular complexity index is 485. The Morgan fingerprint density at radius 3 is 2.71 bits per heavy atom. The Labute approximate surface area is 100 Å². The number of aromatic nitrogens is 3. The van der Waals surface area contributed by atoms with Gasteiger partial charge in [-0.25, -0.2) is 4.98 Å². The van der Waals surface area contributed by atoms with Crippen LogP contribution in [0.4, 0.5) is 0 Å². The summed E-state index contributed by atoms with van der Waals surface area (Å²) in [6.45, 7) is 4.44. The van der Waals surface area contributed by atoms with E-state index in [1.54, 1.807) is 0 Å². The minimum Gasteiger partial charge on any atom is -0.419 e. The Hall–Kier alpha value is -1.88. The van der Waals surface area contributed by atoms with Gasteiger partial charge in [0.1, 0.15) is 0 Å². The number of aryl methyl sites for hydroxylation is 2. The smallest absolute Gasteiger partial charge is 0.240 e. The van der Waals surface area contributed by atoms with Crippen LogP contribution < -0.4 is 10.5 Å². The lowest BCUT2D eigenvalue weighted by Gasteiger charge is -2.06. The van der Waals surface area contributed by atoms with E-state index in [9.17, 15) is 0 Å². The molecule has 0 radical (unpaired) electrons. The first-order chi connectivity index (χ1) is 8.21. The highest BCUT2D eigenvalue weighted by atomic mass is 16.5. The molecule has 3 N–H and O–H groups in total. The third kappa shape index (κ3) is 2.82. The highest BCUT2D eigenvalue weighted by Gasteiger charge is 2.05. The fourth-order valence-corrected chi connectivity index (χ4v) is 1.52. The van der Waals surface area contributed by atoms with Crippen LogP contribution in [0.5, 0.6) is 11.8 Å². The number of ether oxygens (including phenoxy) is 1. The van der Waals surface area contributed by atoms with E-state index in [1.807, 2.05) is 32.0 Å². The van der Waals surface area contributed by atoms with Crippen molar-refractivity contribution in [1.29, 1.82) is 0 Å². The molecule has 0 saturated heterocycles. The molecule has 5 nitrogen and oxygen atoms in total. The van der Waals surface area contributed by atoms with E-state index in [-0.39, 0.29) is 0 Å². The number of rotatable bonds is 4. The van der Waals surface area contributed by atoms with Crippen LogP contribution in [0, 0.1) is 6.92 Å². The molecule has 2 aromatic rings. The van der Waals surface area contributed by atoms with Gasteiger partial charge in [-0.3, -0.25) is 5.10 Å². The molecule has 0 aliphatic heterocycles. The minimum absolute atomic E-state index is 0.478. The van der Waals surface area contributed by atoms with Gasteiger partial charge in [0.15, 0.2) is 0 Å². The molecule has 0 unspecified atom stereocenters. The van der Waals surface area contributed by atoms with Crippen molar-refractivity contribution in [2.24, 2.45) is 5.73 Å². The summed E-state index contributed by atoms with van der Waals surface area (Å²) < 4.78 is 5.58. The van der Waals surface area contributed by atoms with Crippen molar-refractivity contribution in [3.63, 3.8) is 0 Å². The Kier molecular flexibility index (Phi) is 3.39. The van der Waals surface area contributed by atoms with Gasteiger partial charge in [-0.15, -0.1) is 5.10 Å². The van der Waals surface area contributed by atoms with Gasteiger partial charge in [-0.1, -0.05) is 6.92 Å². The number of hydrogen-bond donors (Lipinski definition) is 2. The molecule has 0 bridgehead atoms. The minimum atomic E-state index is 0.478. The number of aromatic amines is 1. The molecule has 5 heteroatoms. The second-order valence-corrected chi connectivity index (χ2v) is 3.85. The van der Waals surface area contributed by atoms with Gasteiger partial charge in [0.05, 0.1) is 0 Å². The van der Waals surface area contributed by atoms with Gasteiger partial charge in [0.25, 0.3) is 0 Å². The van der Waals surface area contributed by atoms with E-state index in [1.165, 1.54) is 0 Å². The molecule has 2 rings (SSSR count). The average molecular weight is 232 g/mol. The van der Waals surface area contributed by atoms with E-state index in [0.29, 0.717) is 18.3 Å². The maximum Gasteiger partial charge on any atom is 0.240 e. The maximum atomic E-state index is 5.63. The highest BCUT2D eigenvalue weighted by Crippen LogP contribution is 2.19. The van der Waals surface area contributed by atoms with Crippen molar-refractivity contribution in [3.8, 4) is 11.8 Å². The maximum absolute atomic E-state index is 5.63. The first-order valence-corrected chi connectivity index (χ1v) is 5.61. The van der Waals surface area contributed by atoms with Crippen LogP contribution in [0.3, 0.4) is 0 Å². The summed E-state index contributed by atoms with van der Waals surface area (Å²) in [4.78, 5) is 4.37. The van der Waals surface area contributed by atoms with E-state index >= 15 is 0 Å². The Morgan fingerprint density at radius 1 is 1.29 bits per heavy atom. The first-order valence-electron chi connectivity index (χ1n) is 5.61. The van der Waals surface area contributed by atoms with Crippen LogP contribution in [-0.4, -0.2) is 15.2 Å². The fraction of sp³-hybridized carbons (Fsp3) is 0.333. The van der Waals surface area contributed by atoms with E-state index in [2.05, 4.69) is 15.2 Å². The normalized spacial score (nSPS) is 10.5. The summed E-state index contributed by atoms with van der Waals surface area (Å²) in [5, 5.41) is 6.82. The van der Waals surface area contributed by atoms with Crippen LogP contribution >= 0.6 is 0 Å². The van der Waals surface area contributed by atoms with Gasteiger partial charge in [0, 0.05) is 30.1 Å². The molecule has 0 aromatic carbocycles. The topological polar surface area (TPSA) is 76.8 Å². The predicted molar refractivity (Wildman–Crippen MR) is 64.9 cm³/mol. The molecular formula is C12H16N4O. The molecule has 0 aliphatic rings. The van der Waals surface area contributed by atoms with E-state index in [4.69, 9.17) is 10.5 Å². The van der Waals surface area contributed by atoms with Crippen molar-refractivity contribution in [1.82, 2.24) is 15.2 Å². The zero-order valence-electron chi connectivity index (χ0n) is 10.0. The Morgan fingerprint density at radius 2 is 2.12 bits per heavy atom. The van der Waals surface area contributed by atoms with Crippen molar-refractivity contribution >= 4 is 0 Å². The molecule has 0 amide bonds. The first kappa shape index (κ1) is 11.6.